The molecule has 3 heterocycles. The van der Waals surface area contributed by atoms with E-state index in [1.54, 1.807) is 0 Å². The van der Waals surface area contributed by atoms with E-state index in [4.69, 9.17) is 10.7 Å². The van der Waals surface area contributed by atoms with Gasteiger partial charge in [0.1, 0.15) is 23.9 Å². The average Bonchev–Trinajstić information content (AvgIpc) is 3.59. The lowest BCUT2D eigenvalue weighted by Gasteiger charge is -2.24. The number of hydrogen-bond donors (Lipinski definition) is 3. The number of nitrogen functional groups attached to an aromatic ring is 1. The summed E-state index contributed by atoms with van der Waals surface area (Å²) in [4.78, 5) is 13.5. The zero-order valence-electron chi connectivity index (χ0n) is 20.4. The molecule has 7 heteroatoms. The molecule has 0 saturated heterocycles. The maximum atomic E-state index is 10.9. The minimum atomic E-state index is -0.842. The molecule has 4 N–H and O–H groups in total. The van der Waals surface area contributed by atoms with Crippen molar-refractivity contribution in [2.45, 2.75) is 69.6 Å². The van der Waals surface area contributed by atoms with E-state index in [1.807, 2.05) is 16.8 Å². The highest BCUT2D eigenvalue weighted by Crippen LogP contribution is 2.43. The van der Waals surface area contributed by atoms with Crippen molar-refractivity contribution < 1.29 is 10.2 Å². The Kier molecular flexibility index (Phi) is 5.26. The number of fused-ring (bicyclic) bond motifs is 3. The summed E-state index contributed by atoms with van der Waals surface area (Å²) in [6, 6.07) is 10.6. The Hall–Kier alpha value is -3.03. The number of aliphatic hydroxyl groups is 2. The molecular weight excluding hydrogens is 450 g/mol. The van der Waals surface area contributed by atoms with Crippen molar-refractivity contribution in [3.05, 3.63) is 59.7 Å². The lowest BCUT2D eigenvalue weighted by atomic mass is 9.83. The Labute approximate surface area is 210 Å². The standard InChI is InChI=1S/C29H33N5O2/c30-28-22-9-10-34(29(22)32-15-31-28)25-14-21(26(35)27(25)36)4-2-16-1-3-19-12-20-8-7-18(17-5-6-17)13-24(20)33-23(19)11-16/h1,3,9-12,15,17-18,21,25-27,35-36H,2,4-8,13-14H2,(H2,30,31,32)/t18-,21+,25-,26-,27+/m1/s1. The monoisotopic (exact) mass is 483 g/mol. The van der Waals surface area contributed by atoms with Gasteiger partial charge in [-0.15, -0.1) is 0 Å². The van der Waals surface area contributed by atoms with Crippen LogP contribution in [-0.2, 0) is 19.3 Å². The fourth-order valence-corrected chi connectivity index (χ4v) is 6.78. The number of aryl methyl sites for hydroxylation is 2. The normalized spacial score (nSPS) is 28.1. The Bertz CT molecular complexity index is 1440. The summed E-state index contributed by atoms with van der Waals surface area (Å²) in [6.07, 6.45) is 10.5. The van der Waals surface area contributed by atoms with Gasteiger partial charge < -0.3 is 20.5 Å². The highest BCUT2D eigenvalue weighted by Gasteiger charge is 2.42. The van der Waals surface area contributed by atoms with Crippen LogP contribution in [-0.4, -0.2) is 41.9 Å². The fraction of sp³-hybridized carbons (Fsp3) is 0.483. The molecule has 4 aromatic rings. The van der Waals surface area contributed by atoms with E-state index in [0.717, 1.165) is 42.0 Å². The molecule has 0 bridgehead atoms. The van der Waals surface area contributed by atoms with Crippen molar-refractivity contribution in [2.24, 2.45) is 17.8 Å². The number of nitrogens with zero attached hydrogens (tertiary/aromatic N) is 4. The fourth-order valence-electron chi connectivity index (χ4n) is 6.78. The van der Waals surface area contributed by atoms with E-state index in [1.165, 1.54) is 54.2 Å². The minimum absolute atomic E-state index is 0.00752. The van der Waals surface area contributed by atoms with Crippen molar-refractivity contribution in [1.82, 2.24) is 19.5 Å². The van der Waals surface area contributed by atoms with Crippen molar-refractivity contribution >= 4 is 27.8 Å². The second kappa shape index (κ2) is 8.53. The van der Waals surface area contributed by atoms with Crippen molar-refractivity contribution in [3.8, 4) is 0 Å². The summed E-state index contributed by atoms with van der Waals surface area (Å²) >= 11 is 0. The highest BCUT2D eigenvalue weighted by molar-refractivity contribution is 5.86. The summed E-state index contributed by atoms with van der Waals surface area (Å²) in [5, 5.41) is 23.8. The second-order valence-electron chi connectivity index (χ2n) is 11.3. The Morgan fingerprint density at radius 1 is 1.00 bits per heavy atom. The van der Waals surface area contributed by atoms with Crippen LogP contribution in [0.1, 0.15) is 55.0 Å². The lowest BCUT2D eigenvalue weighted by molar-refractivity contribution is 0.00545. The third kappa shape index (κ3) is 3.76. The summed E-state index contributed by atoms with van der Waals surface area (Å²) < 4.78 is 1.94. The third-order valence-electron chi connectivity index (χ3n) is 9.05. The van der Waals surface area contributed by atoms with Gasteiger partial charge in [-0.1, -0.05) is 12.1 Å². The Balaban J connectivity index is 1.08. The van der Waals surface area contributed by atoms with Crippen LogP contribution in [0.25, 0.3) is 21.9 Å². The zero-order valence-corrected chi connectivity index (χ0v) is 20.4. The SMILES string of the molecule is Nc1ncnc2c1ccn2[C@@H]1C[C@H](CCc2ccc3cc4c(nc3c2)C[C@H](C2CC2)CC4)[C@@H](O)[C@H]1O. The average molecular weight is 484 g/mol. The van der Waals surface area contributed by atoms with Gasteiger partial charge in [0.15, 0.2) is 0 Å². The molecule has 0 aliphatic heterocycles. The van der Waals surface area contributed by atoms with Crippen LogP contribution in [0.2, 0.25) is 0 Å². The smallest absolute Gasteiger partial charge is 0.145 e. The van der Waals surface area contributed by atoms with Gasteiger partial charge in [-0.2, -0.15) is 0 Å². The Morgan fingerprint density at radius 3 is 2.75 bits per heavy atom. The lowest BCUT2D eigenvalue weighted by Crippen LogP contribution is -2.29. The number of hydrogen-bond acceptors (Lipinski definition) is 6. The number of rotatable bonds is 5. The molecule has 3 aliphatic rings. The number of benzene rings is 1. The summed E-state index contributed by atoms with van der Waals surface area (Å²) in [6.45, 7) is 0. The maximum absolute atomic E-state index is 10.9. The maximum Gasteiger partial charge on any atom is 0.145 e. The molecule has 0 radical (unpaired) electrons. The largest absolute Gasteiger partial charge is 0.390 e. The van der Waals surface area contributed by atoms with Gasteiger partial charge in [-0.25, -0.2) is 9.97 Å². The van der Waals surface area contributed by atoms with Gasteiger partial charge >= 0.3 is 0 Å². The van der Waals surface area contributed by atoms with Crippen molar-refractivity contribution in [2.75, 3.05) is 5.73 Å². The second-order valence-corrected chi connectivity index (χ2v) is 11.3. The molecule has 36 heavy (non-hydrogen) atoms. The molecule has 2 fully saturated rings. The molecule has 0 amide bonds. The molecule has 2 saturated carbocycles. The van der Waals surface area contributed by atoms with Gasteiger partial charge in [-0.05, 0) is 98.4 Å². The Morgan fingerprint density at radius 2 is 1.89 bits per heavy atom. The summed E-state index contributed by atoms with van der Waals surface area (Å²) in [7, 11) is 0. The van der Waals surface area contributed by atoms with Gasteiger partial charge in [0.25, 0.3) is 0 Å². The number of pyridine rings is 1. The quantitative estimate of drug-likeness (QED) is 0.396. The third-order valence-corrected chi connectivity index (χ3v) is 9.05. The first kappa shape index (κ1) is 22.2. The first-order valence-corrected chi connectivity index (χ1v) is 13.4. The number of anilines is 1. The molecule has 1 aromatic carbocycles. The van der Waals surface area contributed by atoms with Gasteiger partial charge in [0.05, 0.1) is 23.0 Å². The summed E-state index contributed by atoms with van der Waals surface area (Å²) in [5.74, 6) is 2.20. The van der Waals surface area contributed by atoms with Gasteiger partial charge in [-0.3, -0.25) is 4.98 Å². The van der Waals surface area contributed by atoms with Crippen LogP contribution in [0.15, 0.2) is 42.9 Å². The highest BCUT2D eigenvalue weighted by atomic mass is 16.3. The molecule has 7 nitrogen and oxygen atoms in total. The molecule has 5 atom stereocenters. The van der Waals surface area contributed by atoms with Crippen LogP contribution < -0.4 is 5.73 Å². The van der Waals surface area contributed by atoms with Crippen LogP contribution in [0.4, 0.5) is 5.82 Å². The minimum Gasteiger partial charge on any atom is -0.390 e. The van der Waals surface area contributed by atoms with Gasteiger partial charge in [0.2, 0.25) is 0 Å². The number of nitrogens with two attached hydrogens (primary N) is 1. The van der Waals surface area contributed by atoms with Crippen LogP contribution in [0.5, 0.6) is 0 Å². The predicted octanol–water partition coefficient (Wildman–Crippen LogP) is 3.99. The van der Waals surface area contributed by atoms with E-state index in [2.05, 4.69) is 34.2 Å². The van der Waals surface area contributed by atoms with Crippen molar-refractivity contribution in [3.63, 3.8) is 0 Å². The molecule has 7 rings (SSSR count). The molecular formula is C29H33N5O2. The number of aliphatic hydroxyl groups excluding tert-OH is 2. The van der Waals surface area contributed by atoms with Crippen LogP contribution in [0.3, 0.4) is 0 Å². The van der Waals surface area contributed by atoms with Crippen LogP contribution >= 0.6 is 0 Å². The molecule has 0 unspecified atom stereocenters. The van der Waals surface area contributed by atoms with Crippen LogP contribution in [0, 0.1) is 17.8 Å². The molecule has 186 valence electrons. The van der Waals surface area contributed by atoms with E-state index in [-0.39, 0.29) is 12.0 Å². The first-order chi connectivity index (χ1) is 17.5. The van der Waals surface area contributed by atoms with E-state index >= 15 is 0 Å². The topological polar surface area (TPSA) is 110 Å². The molecule has 3 aromatic heterocycles. The van der Waals surface area contributed by atoms with E-state index < -0.39 is 12.2 Å². The summed E-state index contributed by atoms with van der Waals surface area (Å²) in [5.41, 5.74) is 11.8. The first-order valence-electron chi connectivity index (χ1n) is 13.4. The zero-order chi connectivity index (χ0) is 24.4. The van der Waals surface area contributed by atoms with E-state index in [9.17, 15) is 10.2 Å². The predicted molar refractivity (Wildman–Crippen MR) is 139 cm³/mol. The van der Waals surface area contributed by atoms with Gasteiger partial charge in [0, 0.05) is 17.3 Å². The molecule has 3 aliphatic carbocycles. The number of aromatic nitrogens is 4. The van der Waals surface area contributed by atoms with Crippen molar-refractivity contribution in [1.29, 1.82) is 0 Å². The molecule has 0 spiro atoms. The van der Waals surface area contributed by atoms with E-state index in [0.29, 0.717) is 17.9 Å².